The summed E-state index contributed by atoms with van der Waals surface area (Å²) in [5, 5.41) is 8.85. The summed E-state index contributed by atoms with van der Waals surface area (Å²) >= 11 is 3.12. The Morgan fingerprint density at radius 3 is 2.57 bits per heavy atom. The van der Waals surface area contributed by atoms with Crippen LogP contribution in [0, 0.1) is 5.82 Å². The van der Waals surface area contributed by atoms with Gasteiger partial charge in [0.25, 0.3) is 0 Å². The first-order valence-electron chi connectivity index (χ1n) is 7.79. The average Bonchev–Trinajstić information content (AvgIpc) is 3.14. The van der Waals surface area contributed by atoms with Gasteiger partial charge in [-0.3, -0.25) is 4.79 Å². The van der Waals surface area contributed by atoms with Gasteiger partial charge in [0.15, 0.2) is 0 Å². The molecule has 0 saturated carbocycles. The highest BCUT2D eigenvalue weighted by molar-refractivity contribution is 9.10. The van der Waals surface area contributed by atoms with Crippen molar-refractivity contribution in [1.82, 2.24) is 14.8 Å². The van der Waals surface area contributed by atoms with Crippen molar-refractivity contribution < 1.29 is 22.4 Å². The Morgan fingerprint density at radius 2 is 1.93 bits per heavy atom. The second-order valence-corrected chi connectivity index (χ2v) is 6.51. The summed E-state index contributed by atoms with van der Waals surface area (Å²) in [4.78, 5) is 16.0. The van der Waals surface area contributed by atoms with Gasteiger partial charge < -0.3 is 10.6 Å². The topological polar surface area (TPSA) is 71.8 Å². The number of amides is 1. The third-order valence-electron chi connectivity index (χ3n) is 3.63. The third-order valence-corrected chi connectivity index (χ3v) is 4.13. The van der Waals surface area contributed by atoms with Crippen molar-refractivity contribution >= 4 is 33.2 Å². The zero-order valence-corrected chi connectivity index (χ0v) is 15.6. The SMILES string of the molecule is O=C(CNc1ccc(Br)cc1F)Nc1cc(C(F)(F)F)ccc1-n1cncn1. The molecule has 1 heterocycles. The fourth-order valence-corrected chi connectivity index (χ4v) is 2.68. The van der Waals surface area contributed by atoms with Gasteiger partial charge in [-0.05, 0) is 36.4 Å². The Hall–Kier alpha value is -2.95. The molecule has 0 aliphatic carbocycles. The maximum absolute atomic E-state index is 13.8. The Labute approximate surface area is 164 Å². The standard InChI is InChI=1S/C17H12BrF4N5O/c18-11-2-3-13(12(19)6-11)24-7-16(28)26-14-5-10(17(20,21)22)1-4-15(14)27-9-23-8-25-27/h1-6,8-9,24H,7H2,(H,26,28). The summed E-state index contributed by atoms with van der Waals surface area (Å²) in [6.07, 6.45) is -2.09. The molecule has 0 saturated heterocycles. The first-order valence-corrected chi connectivity index (χ1v) is 8.58. The maximum atomic E-state index is 13.8. The van der Waals surface area contributed by atoms with Crippen LogP contribution in [-0.4, -0.2) is 27.2 Å². The molecular weight excluding hydrogens is 446 g/mol. The Kier molecular flexibility index (Phi) is 5.63. The summed E-state index contributed by atoms with van der Waals surface area (Å²) in [6, 6.07) is 7.08. The minimum atomic E-state index is -4.58. The number of anilines is 2. The lowest BCUT2D eigenvalue weighted by Crippen LogP contribution is -2.23. The summed E-state index contributed by atoms with van der Waals surface area (Å²) in [5.41, 5.74) is -0.755. The van der Waals surface area contributed by atoms with E-state index in [1.54, 1.807) is 6.07 Å². The number of aromatic nitrogens is 3. The van der Waals surface area contributed by atoms with E-state index in [1.165, 1.54) is 35.5 Å². The molecule has 0 aliphatic rings. The highest BCUT2D eigenvalue weighted by Crippen LogP contribution is 2.33. The van der Waals surface area contributed by atoms with Crippen LogP contribution in [0.25, 0.3) is 5.69 Å². The molecule has 2 N–H and O–H groups in total. The largest absolute Gasteiger partial charge is 0.416 e. The highest BCUT2D eigenvalue weighted by Gasteiger charge is 2.31. The van der Waals surface area contributed by atoms with Crippen LogP contribution in [0.2, 0.25) is 0 Å². The van der Waals surface area contributed by atoms with E-state index in [2.05, 4.69) is 36.6 Å². The van der Waals surface area contributed by atoms with Crippen LogP contribution in [0.15, 0.2) is 53.5 Å². The summed E-state index contributed by atoms with van der Waals surface area (Å²) < 4.78 is 54.6. The second kappa shape index (κ2) is 7.97. The first-order chi connectivity index (χ1) is 13.2. The quantitative estimate of drug-likeness (QED) is 0.562. The fourth-order valence-electron chi connectivity index (χ4n) is 2.35. The summed E-state index contributed by atoms with van der Waals surface area (Å²) in [5.74, 6) is -1.24. The fraction of sp³-hybridized carbons (Fsp3) is 0.118. The van der Waals surface area contributed by atoms with E-state index in [9.17, 15) is 22.4 Å². The van der Waals surface area contributed by atoms with Crippen LogP contribution < -0.4 is 10.6 Å². The number of halogens is 5. The predicted octanol–water partition coefficient (Wildman–Crippen LogP) is 4.24. The molecule has 1 aromatic heterocycles. The van der Waals surface area contributed by atoms with E-state index in [0.29, 0.717) is 4.47 Å². The molecular formula is C17H12BrF4N5O. The van der Waals surface area contributed by atoms with Crippen LogP contribution in [0.4, 0.5) is 28.9 Å². The average molecular weight is 458 g/mol. The van der Waals surface area contributed by atoms with Crippen LogP contribution in [0.1, 0.15) is 5.56 Å². The number of carbonyl (C=O) groups is 1. The molecule has 6 nitrogen and oxygen atoms in total. The van der Waals surface area contributed by atoms with E-state index >= 15 is 0 Å². The Morgan fingerprint density at radius 1 is 1.14 bits per heavy atom. The minimum absolute atomic E-state index is 0.0823. The van der Waals surface area contributed by atoms with Crippen LogP contribution in [0.5, 0.6) is 0 Å². The number of nitrogens with zero attached hydrogens (tertiary/aromatic N) is 3. The lowest BCUT2D eigenvalue weighted by molar-refractivity contribution is -0.137. The number of rotatable bonds is 5. The molecule has 0 bridgehead atoms. The molecule has 3 aromatic rings. The van der Waals surface area contributed by atoms with Gasteiger partial charge in [0.1, 0.15) is 18.5 Å². The number of alkyl halides is 3. The van der Waals surface area contributed by atoms with Gasteiger partial charge in [-0.15, -0.1) is 0 Å². The summed E-state index contributed by atoms with van der Waals surface area (Å²) in [7, 11) is 0. The van der Waals surface area contributed by atoms with E-state index in [0.717, 1.165) is 12.1 Å². The van der Waals surface area contributed by atoms with Crippen LogP contribution in [0.3, 0.4) is 0 Å². The van der Waals surface area contributed by atoms with Crippen LogP contribution in [-0.2, 0) is 11.0 Å². The first kappa shape index (κ1) is 19.8. The van der Waals surface area contributed by atoms with Crippen molar-refractivity contribution in [2.24, 2.45) is 0 Å². The molecule has 0 fully saturated rings. The van der Waals surface area contributed by atoms with E-state index < -0.39 is 23.5 Å². The molecule has 146 valence electrons. The highest BCUT2D eigenvalue weighted by atomic mass is 79.9. The lowest BCUT2D eigenvalue weighted by Gasteiger charge is -2.15. The molecule has 0 aliphatic heterocycles. The Bertz CT molecular complexity index is 992. The molecule has 2 aromatic carbocycles. The molecule has 0 atom stereocenters. The van der Waals surface area contributed by atoms with Gasteiger partial charge in [-0.1, -0.05) is 15.9 Å². The molecule has 0 spiro atoms. The lowest BCUT2D eigenvalue weighted by atomic mass is 10.1. The minimum Gasteiger partial charge on any atom is -0.374 e. The monoisotopic (exact) mass is 457 g/mol. The normalized spacial score (nSPS) is 11.3. The van der Waals surface area contributed by atoms with Crippen molar-refractivity contribution in [3.8, 4) is 5.69 Å². The number of nitrogens with one attached hydrogen (secondary N) is 2. The molecule has 11 heteroatoms. The van der Waals surface area contributed by atoms with Gasteiger partial charge in [0, 0.05) is 4.47 Å². The van der Waals surface area contributed by atoms with Gasteiger partial charge >= 0.3 is 6.18 Å². The van der Waals surface area contributed by atoms with Gasteiger partial charge in [0.2, 0.25) is 5.91 Å². The number of benzene rings is 2. The van der Waals surface area contributed by atoms with E-state index in [4.69, 9.17) is 0 Å². The van der Waals surface area contributed by atoms with Crippen molar-refractivity contribution in [2.45, 2.75) is 6.18 Å². The van der Waals surface area contributed by atoms with Crippen molar-refractivity contribution in [3.05, 3.63) is 64.9 Å². The van der Waals surface area contributed by atoms with Gasteiger partial charge in [-0.2, -0.15) is 18.3 Å². The van der Waals surface area contributed by atoms with Crippen molar-refractivity contribution in [2.75, 3.05) is 17.2 Å². The second-order valence-electron chi connectivity index (χ2n) is 5.60. The molecule has 0 unspecified atom stereocenters. The molecule has 28 heavy (non-hydrogen) atoms. The van der Waals surface area contributed by atoms with Crippen molar-refractivity contribution in [1.29, 1.82) is 0 Å². The van der Waals surface area contributed by atoms with E-state index in [-0.39, 0.29) is 23.6 Å². The van der Waals surface area contributed by atoms with Crippen molar-refractivity contribution in [3.63, 3.8) is 0 Å². The van der Waals surface area contributed by atoms with E-state index in [1.807, 2.05) is 0 Å². The predicted molar refractivity (Wildman–Crippen MR) is 97.6 cm³/mol. The molecule has 0 radical (unpaired) electrons. The molecule has 1 amide bonds. The molecule has 3 rings (SSSR count). The summed E-state index contributed by atoms with van der Waals surface area (Å²) in [6.45, 7) is -0.356. The van der Waals surface area contributed by atoms with Gasteiger partial charge in [0.05, 0.1) is 29.2 Å². The third kappa shape index (κ3) is 4.66. The smallest absolute Gasteiger partial charge is 0.374 e. The number of carbonyl (C=O) groups excluding carboxylic acids is 1. The zero-order chi connectivity index (χ0) is 20.3. The van der Waals surface area contributed by atoms with Gasteiger partial charge in [-0.25, -0.2) is 14.1 Å². The maximum Gasteiger partial charge on any atom is 0.416 e. The zero-order valence-electron chi connectivity index (χ0n) is 14.0. The number of hydrogen-bond acceptors (Lipinski definition) is 4. The number of hydrogen-bond donors (Lipinski definition) is 2. The Balaban J connectivity index is 1.80. The van der Waals surface area contributed by atoms with Crippen LogP contribution >= 0.6 is 15.9 Å².